The van der Waals surface area contributed by atoms with E-state index in [1.165, 1.54) is 0 Å². The number of halogens is 3. The maximum Gasteiger partial charge on any atom is 0.421 e. The Balaban J connectivity index is 3.05. The van der Waals surface area contributed by atoms with E-state index in [0.717, 1.165) is 12.1 Å². The van der Waals surface area contributed by atoms with E-state index in [0.29, 0.717) is 0 Å². The minimum absolute atomic E-state index is 0.147. The second kappa shape index (κ2) is 3.64. The maximum absolute atomic E-state index is 12.2. The van der Waals surface area contributed by atoms with Crippen molar-refractivity contribution in [3.05, 3.63) is 23.9 Å². The highest BCUT2D eigenvalue weighted by atomic mass is 19.4. The van der Waals surface area contributed by atoms with Crippen LogP contribution in [0.5, 0.6) is 5.88 Å². The molecule has 0 atom stereocenters. The van der Waals surface area contributed by atoms with Crippen molar-refractivity contribution in [3.63, 3.8) is 0 Å². The molecule has 1 radical (unpaired) electrons. The average Bonchev–Trinajstić information content (AvgIpc) is 2.04. The van der Waals surface area contributed by atoms with Crippen LogP contribution < -0.4 is 4.74 Å². The van der Waals surface area contributed by atoms with E-state index in [2.05, 4.69) is 11.2 Å². The number of aromatic nitrogens is 1. The molecule has 0 aliphatic rings. The van der Waals surface area contributed by atoms with Crippen LogP contribution in [0.25, 0.3) is 0 Å². The van der Waals surface area contributed by atoms with E-state index in [9.17, 15) is 13.2 Å². The van der Waals surface area contributed by atoms with Gasteiger partial charge in [0, 0.05) is 0 Å². The molecule has 1 aromatic heterocycles. The van der Waals surface area contributed by atoms with Gasteiger partial charge in [-0.1, -0.05) is 0 Å². The first-order valence-corrected chi connectivity index (χ1v) is 3.62. The molecule has 0 aromatic carbocycles. The van der Waals surface area contributed by atoms with Crippen molar-refractivity contribution in [2.24, 2.45) is 0 Å². The summed E-state index contributed by atoms with van der Waals surface area (Å²) in [7, 11) is 0. The molecule has 0 aliphatic heterocycles. The van der Waals surface area contributed by atoms with Crippen LogP contribution in [0.15, 0.2) is 12.1 Å². The molecule has 0 spiro atoms. The first-order valence-electron chi connectivity index (χ1n) is 3.62. The van der Waals surface area contributed by atoms with Crippen molar-refractivity contribution in [2.45, 2.75) is 13.1 Å². The molecule has 0 fully saturated rings. The molecule has 2 nitrogen and oxygen atoms in total. The SMILES string of the molecule is CCOc1n[c]ccc1C(F)(F)F. The van der Waals surface area contributed by atoms with E-state index < -0.39 is 17.6 Å². The summed E-state index contributed by atoms with van der Waals surface area (Å²) >= 11 is 0. The number of hydrogen-bond acceptors (Lipinski definition) is 2. The number of alkyl halides is 3. The van der Waals surface area contributed by atoms with Crippen LogP contribution in [-0.4, -0.2) is 11.6 Å². The summed E-state index contributed by atoms with van der Waals surface area (Å²) in [6.07, 6.45) is -2.14. The van der Waals surface area contributed by atoms with Crippen LogP contribution in [0.1, 0.15) is 12.5 Å². The zero-order valence-corrected chi connectivity index (χ0v) is 6.85. The van der Waals surface area contributed by atoms with Gasteiger partial charge in [0.2, 0.25) is 5.88 Å². The van der Waals surface area contributed by atoms with Crippen LogP contribution in [0.2, 0.25) is 0 Å². The summed E-state index contributed by atoms with van der Waals surface area (Å²) in [4.78, 5) is 3.37. The minimum atomic E-state index is -4.42. The fraction of sp³-hybridized carbons (Fsp3) is 0.375. The Morgan fingerprint density at radius 3 is 2.77 bits per heavy atom. The summed E-state index contributed by atoms with van der Waals surface area (Å²) < 4.78 is 41.4. The number of pyridine rings is 1. The topological polar surface area (TPSA) is 22.1 Å². The van der Waals surface area contributed by atoms with E-state index in [1.54, 1.807) is 6.92 Å². The normalized spacial score (nSPS) is 11.4. The molecule has 5 heteroatoms. The first-order chi connectivity index (χ1) is 6.05. The fourth-order valence-electron chi connectivity index (χ4n) is 0.810. The molecule has 0 aliphatic carbocycles. The fourth-order valence-corrected chi connectivity index (χ4v) is 0.810. The molecule has 0 N–H and O–H groups in total. The van der Waals surface area contributed by atoms with Crippen molar-refractivity contribution in [2.75, 3.05) is 6.61 Å². The average molecular weight is 190 g/mol. The third-order valence-electron chi connectivity index (χ3n) is 1.31. The third kappa shape index (κ3) is 2.34. The number of ether oxygens (including phenoxy) is 1. The van der Waals surface area contributed by atoms with Gasteiger partial charge < -0.3 is 4.74 Å². The molecule has 1 rings (SSSR count). The summed E-state index contributed by atoms with van der Waals surface area (Å²) in [6, 6.07) is 1.99. The highest BCUT2D eigenvalue weighted by Crippen LogP contribution is 2.34. The molecule has 1 heterocycles. The van der Waals surface area contributed by atoms with Crippen LogP contribution >= 0.6 is 0 Å². The Morgan fingerprint density at radius 1 is 1.54 bits per heavy atom. The Morgan fingerprint density at radius 2 is 2.23 bits per heavy atom. The van der Waals surface area contributed by atoms with Gasteiger partial charge in [0.25, 0.3) is 0 Å². The van der Waals surface area contributed by atoms with Crippen molar-refractivity contribution < 1.29 is 17.9 Å². The number of hydrogen-bond donors (Lipinski definition) is 0. The molecule has 0 amide bonds. The highest BCUT2D eigenvalue weighted by molar-refractivity contribution is 5.27. The van der Waals surface area contributed by atoms with Crippen molar-refractivity contribution >= 4 is 0 Å². The minimum Gasteiger partial charge on any atom is -0.478 e. The molecule has 13 heavy (non-hydrogen) atoms. The van der Waals surface area contributed by atoms with Gasteiger partial charge in [-0.05, 0) is 19.1 Å². The van der Waals surface area contributed by atoms with E-state index >= 15 is 0 Å². The van der Waals surface area contributed by atoms with Gasteiger partial charge in [-0.3, -0.25) is 0 Å². The zero-order valence-electron chi connectivity index (χ0n) is 6.85. The van der Waals surface area contributed by atoms with E-state index in [1.807, 2.05) is 0 Å². The molecule has 0 saturated heterocycles. The second-order valence-corrected chi connectivity index (χ2v) is 2.22. The smallest absolute Gasteiger partial charge is 0.421 e. The van der Waals surface area contributed by atoms with Crippen LogP contribution in [0, 0.1) is 6.20 Å². The highest BCUT2D eigenvalue weighted by Gasteiger charge is 2.34. The Kier molecular flexibility index (Phi) is 2.75. The predicted molar refractivity (Wildman–Crippen MR) is 39.2 cm³/mol. The van der Waals surface area contributed by atoms with E-state index in [-0.39, 0.29) is 6.61 Å². The second-order valence-electron chi connectivity index (χ2n) is 2.22. The maximum atomic E-state index is 12.2. The van der Waals surface area contributed by atoms with Gasteiger partial charge in [0.1, 0.15) is 5.56 Å². The lowest BCUT2D eigenvalue weighted by atomic mass is 10.2. The summed E-state index contributed by atoms with van der Waals surface area (Å²) in [6.45, 7) is 1.74. The van der Waals surface area contributed by atoms with Gasteiger partial charge in [-0.25, -0.2) is 4.98 Å². The zero-order chi connectivity index (χ0) is 9.90. The quantitative estimate of drug-likeness (QED) is 0.713. The van der Waals surface area contributed by atoms with Crippen molar-refractivity contribution in [1.29, 1.82) is 0 Å². The largest absolute Gasteiger partial charge is 0.478 e. The molecule has 1 aromatic rings. The summed E-state index contributed by atoms with van der Waals surface area (Å²) in [5.41, 5.74) is -0.867. The monoisotopic (exact) mass is 190 g/mol. The summed E-state index contributed by atoms with van der Waals surface area (Å²) in [5, 5.41) is 0. The lowest BCUT2D eigenvalue weighted by Gasteiger charge is -2.10. The van der Waals surface area contributed by atoms with Crippen LogP contribution in [-0.2, 0) is 6.18 Å². The predicted octanol–water partition coefficient (Wildman–Crippen LogP) is 2.30. The van der Waals surface area contributed by atoms with Gasteiger partial charge in [0.05, 0.1) is 12.8 Å². The lowest BCUT2D eigenvalue weighted by molar-refractivity contribution is -0.139. The summed E-state index contributed by atoms with van der Waals surface area (Å²) in [5.74, 6) is -0.419. The molecule has 0 unspecified atom stereocenters. The Hall–Kier alpha value is -1.26. The van der Waals surface area contributed by atoms with E-state index in [4.69, 9.17) is 4.74 Å². The Labute approximate surface area is 73.4 Å². The molecule has 0 saturated carbocycles. The molecular formula is C8H7F3NO. The van der Waals surface area contributed by atoms with Crippen LogP contribution in [0.3, 0.4) is 0 Å². The number of rotatable bonds is 2. The molecule has 0 bridgehead atoms. The van der Waals surface area contributed by atoms with Gasteiger partial charge in [0.15, 0.2) is 0 Å². The van der Waals surface area contributed by atoms with Crippen LogP contribution in [0.4, 0.5) is 13.2 Å². The van der Waals surface area contributed by atoms with Gasteiger partial charge in [-0.2, -0.15) is 13.2 Å². The molecular weight excluding hydrogens is 183 g/mol. The van der Waals surface area contributed by atoms with Crippen molar-refractivity contribution in [1.82, 2.24) is 4.98 Å². The third-order valence-corrected chi connectivity index (χ3v) is 1.31. The van der Waals surface area contributed by atoms with Gasteiger partial charge >= 0.3 is 6.18 Å². The number of nitrogens with zero attached hydrogens (tertiary/aromatic N) is 1. The lowest BCUT2D eigenvalue weighted by Crippen LogP contribution is -2.09. The standard InChI is InChI=1S/C8H7F3NO/c1-2-13-7-6(8(9,10)11)4-3-5-12-7/h3-4H,2H2,1H3. The first kappa shape index (κ1) is 9.83. The van der Waals surface area contributed by atoms with Crippen molar-refractivity contribution in [3.8, 4) is 5.88 Å². The van der Waals surface area contributed by atoms with Gasteiger partial charge in [-0.15, -0.1) is 0 Å². The Bertz CT molecular complexity index is 285. The molecule has 71 valence electrons.